The lowest BCUT2D eigenvalue weighted by molar-refractivity contribution is -0.129. The van der Waals surface area contributed by atoms with E-state index in [1.54, 1.807) is 36.0 Å². The largest absolute Gasteiger partial charge is 0.348 e. The lowest BCUT2D eigenvalue weighted by Crippen LogP contribution is -2.39. The number of nitrogens with zero attached hydrogens (tertiary/aromatic N) is 3. The van der Waals surface area contributed by atoms with Crippen molar-refractivity contribution in [2.75, 3.05) is 46.8 Å². The zero-order valence-corrected chi connectivity index (χ0v) is 18.7. The van der Waals surface area contributed by atoms with Gasteiger partial charge >= 0.3 is 0 Å². The van der Waals surface area contributed by atoms with Crippen LogP contribution in [0, 0.1) is 0 Å². The van der Waals surface area contributed by atoms with E-state index in [0.717, 1.165) is 38.6 Å². The van der Waals surface area contributed by atoms with Gasteiger partial charge in [-0.3, -0.25) is 14.5 Å². The molecule has 2 aliphatic rings. The van der Waals surface area contributed by atoms with Crippen LogP contribution in [-0.2, 0) is 14.8 Å². The predicted octanol–water partition coefficient (Wildman–Crippen LogP) is 1.14. The molecule has 1 heterocycles. The number of amides is 2. The summed E-state index contributed by atoms with van der Waals surface area (Å²) in [5.74, 6) is -0.129. The Balaban J connectivity index is 1.65. The van der Waals surface area contributed by atoms with Gasteiger partial charge in [0.25, 0.3) is 5.91 Å². The van der Waals surface area contributed by atoms with Gasteiger partial charge in [0, 0.05) is 51.9 Å². The minimum atomic E-state index is -3.64. The van der Waals surface area contributed by atoms with Crippen molar-refractivity contribution in [1.29, 1.82) is 0 Å². The average molecular weight is 437 g/mol. The van der Waals surface area contributed by atoms with Gasteiger partial charge in [0.1, 0.15) is 0 Å². The third-order valence-electron chi connectivity index (χ3n) is 5.80. The molecule has 8 nitrogen and oxygen atoms in total. The highest BCUT2D eigenvalue weighted by molar-refractivity contribution is 7.89. The number of likely N-dealkylation sites (N-methyl/N-ethyl adjacent to an activating group) is 1. The van der Waals surface area contributed by atoms with Crippen LogP contribution in [0.3, 0.4) is 0 Å². The normalized spacial score (nSPS) is 18.9. The minimum absolute atomic E-state index is 0.0178. The molecule has 0 unspecified atom stereocenters. The van der Waals surface area contributed by atoms with Crippen molar-refractivity contribution in [1.82, 2.24) is 19.4 Å². The van der Waals surface area contributed by atoms with Crippen LogP contribution in [0.1, 0.15) is 42.5 Å². The van der Waals surface area contributed by atoms with Crippen LogP contribution in [0.5, 0.6) is 0 Å². The van der Waals surface area contributed by atoms with Gasteiger partial charge in [-0.15, -0.1) is 0 Å². The van der Waals surface area contributed by atoms with E-state index in [2.05, 4.69) is 9.62 Å². The number of sulfonamides is 1. The van der Waals surface area contributed by atoms with Gasteiger partial charge < -0.3 is 9.80 Å². The first-order valence-corrected chi connectivity index (χ1v) is 12.1. The van der Waals surface area contributed by atoms with Crippen LogP contribution < -0.4 is 4.72 Å². The molecule has 1 saturated carbocycles. The van der Waals surface area contributed by atoms with Gasteiger partial charge in [-0.25, -0.2) is 13.1 Å². The van der Waals surface area contributed by atoms with E-state index in [1.807, 2.05) is 0 Å². The fraction of sp³-hybridized carbons (Fsp3) is 0.619. The first-order valence-electron chi connectivity index (χ1n) is 10.6. The number of nitrogens with one attached hydrogen (secondary N) is 1. The van der Waals surface area contributed by atoms with Crippen molar-refractivity contribution in [3.05, 3.63) is 29.8 Å². The lowest BCUT2D eigenvalue weighted by atomic mass is 10.2. The fourth-order valence-electron chi connectivity index (χ4n) is 3.97. The lowest BCUT2D eigenvalue weighted by Gasteiger charge is -2.23. The molecular formula is C21H32N4O4S. The van der Waals surface area contributed by atoms with Crippen molar-refractivity contribution in [2.45, 2.75) is 43.0 Å². The fourth-order valence-corrected chi connectivity index (χ4v) is 5.33. The highest BCUT2D eigenvalue weighted by Gasteiger charge is 2.25. The molecule has 0 atom stereocenters. The summed E-state index contributed by atoms with van der Waals surface area (Å²) in [6.45, 7) is 2.81. The van der Waals surface area contributed by atoms with E-state index in [0.29, 0.717) is 31.7 Å². The summed E-state index contributed by atoms with van der Waals surface area (Å²) in [6.07, 6.45) is 4.57. The molecule has 1 aliphatic carbocycles. The van der Waals surface area contributed by atoms with Crippen molar-refractivity contribution in [3.63, 3.8) is 0 Å². The maximum atomic E-state index is 13.0. The van der Waals surface area contributed by atoms with Gasteiger partial charge in [0.2, 0.25) is 15.9 Å². The van der Waals surface area contributed by atoms with E-state index in [4.69, 9.17) is 0 Å². The van der Waals surface area contributed by atoms with Gasteiger partial charge in [0.05, 0.1) is 11.4 Å². The van der Waals surface area contributed by atoms with E-state index >= 15 is 0 Å². The molecule has 1 N–H and O–H groups in total. The summed E-state index contributed by atoms with van der Waals surface area (Å²) in [4.78, 5) is 30.5. The Morgan fingerprint density at radius 2 is 1.80 bits per heavy atom. The van der Waals surface area contributed by atoms with Crippen LogP contribution in [0.4, 0.5) is 0 Å². The summed E-state index contributed by atoms with van der Waals surface area (Å²) in [7, 11) is -0.170. The summed E-state index contributed by atoms with van der Waals surface area (Å²) < 4.78 is 28.2. The average Bonchev–Trinajstić information content (AvgIpc) is 3.10. The topological polar surface area (TPSA) is 90.0 Å². The summed E-state index contributed by atoms with van der Waals surface area (Å²) in [5.41, 5.74) is 0.377. The van der Waals surface area contributed by atoms with Crippen molar-refractivity contribution in [2.24, 2.45) is 0 Å². The predicted molar refractivity (Wildman–Crippen MR) is 115 cm³/mol. The molecule has 1 aliphatic heterocycles. The number of benzene rings is 1. The molecule has 0 aromatic heterocycles. The van der Waals surface area contributed by atoms with E-state index in [9.17, 15) is 18.0 Å². The van der Waals surface area contributed by atoms with Crippen LogP contribution in [-0.4, -0.2) is 87.8 Å². The van der Waals surface area contributed by atoms with E-state index in [-0.39, 0.29) is 22.8 Å². The molecular weight excluding hydrogens is 404 g/mol. The number of hydrogen-bond donors (Lipinski definition) is 1. The Kier molecular flexibility index (Phi) is 7.49. The first-order chi connectivity index (χ1) is 14.3. The monoisotopic (exact) mass is 436 g/mol. The Bertz CT molecular complexity index is 866. The van der Waals surface area contributed by atoms with Crippen molar-refractivity contribution < 1.29 is 18.0 Å². The molecule has 2 amide bonds. The van der Waals surface area contributed by atoms with Crippen molar-refractivity contribution >= 4 is 21.8 Å². The number of carbonyl (C=O) groups is 2. The number of carbonyl (C=O) groups excluding carboxylic acids is 2. The molecule has 2 fully saturated rings. The molecule has 3 rings (SSSR count). The molecule has 0 bridgehead atoms. The van der Waals surface area contributed by atoms with Crippen LogP contribution >= 0.6 is 0 Å². The summed E-state index contributed by atoms with van der Waals surface area (Å²) >= 11 is 0. The second-order valence-corrected chi connectivity index (χ2v) is 10.1. The Labute approximate surface area is 179 Å². The van der Waals surface area contributed by atoms with Crippen LogP contribution in [0.2, 0.25) is 0 Å². The second kappa shape index (κ2) is 9.89. The summed E-state index contributed by atoms with van der Waals surface area (Å²) in [5, 5.41) is 0. The van der Waals surface area contributed by atoms with Gasteiger partial charge in [-0.05, 0) is 37.5 Å². The molecule has 0 spiro atoms. The SMILES string of the molecule is CN(C)C(=O)CN1CCCN(C(=O)c2cccc(S(=O)(=O)NC3CCCC3)c2)CC1. The molecule has 30 heavy (non-hydrogen) atoms. The molecule has 0 radical (unpaired) electrons. The molecule has 1 aromatic rings. The minimum Gasteiger partial charge on any atom is -0.348 e. The molecule has 1 saturated heterocycles. The number of hydrogen-bond acceptors (Lipinski definition) is 5. The third kappa shape index (κ3) is 5.80. The van der Waals surface area contributed by atoms with E-state index in [1.165, 1.54) is 12.1 Å². The summed E-state index contributed by atoms with van der Waals surface area (Å²) in [6, 6.07) is 6.27. The van der Waals surface area contributed by atoms with Gasteiger partial charge in [0.15, 0.2) is 0 Å². The molecule has 166 valence electrons. The zero-order valence-electron chi connectivity index (χ0n) is 17.8. The Morgan fingerprint density at radius 3 is 2.50 bits per heavy atom. The van der Waals surface area contributed by atoms with E-state index < -0.39 is 10.0 Å². The van der Waals surface area contributed by atoms with Gasteiger partial charge in [-0.1, -0.05) is 18.9 Å². The zero-order chi connectivity index (χ0) is 21.7. The maximum absolute atomic E-state index is 13.0. The van der Waals surface area contributed by atoms with Gasteiger partial charge in [-0.2, -0.15) is 0 Å². The quantitative estimate of drug-likeness (QED) is 0.722. The highest BCUT2D eigenvalue weighted by Crippen LogP contribution is 2.21. The Hall–Kier alpha value is -1.97. The van der Waals surface area contributed by atoms with Crippen LogP contribution in [0.25, 0.3) is 0 Å². The molecule has 1 aromatic carbocycles. The number of rotatable bonds is 6. The smallest absolute Gasteiger partial charge is 0.253 e. The standard InChI is InChI=1S/C21H32N4O4S/c1-23(2)20(26)16-24-11-6-12-25(14-13-24)21(27)17-7-5-10-19(15-17)30(28,29)22-18-8-3-4-9-18/h5,7,10,15,18,22H,3-4,6,8-9,11-14,16H2,1-2H3. The third-order valence-corrected chi connectivity index (χ3v) is 7.32. The highest BCUT2D eigenvalue weighted by atomic mass is 32.2. The molecule has 9 heteroatoms. The second-order valence-electron chi connectivity index (χ2n) is 8.34. The van der Waals surface area contributed by atoms with Crippen molar-refractivity contribution in [3.8, 4) is 0 Å². The van der Waals surface area contributed by atoms with Crippen LogP contribution in [0.15, 0.2) is 29.2 Å². The maximum Gasteiger partial charge on any atom is 0.253 e. The Morgan fingerprint density at radius 1 is 1.07 bits per heavy atom. The first kappa shape index (κ1) is 22.7.